The molecule has 0 aliphatic carbocycles. The maximum absolute atomic E-state index is 11.9. The third-order valence-corrected chi connectivity index (χ3v) is 4.26. The monoisotopic (exact) mass is 343 g/mol. The van der Waals surface area contributed by atoms with Crippen LogP contribution in [0.1, 0.15) is 26.2 Å². The number of unbranched alkanes of at least 4 members (excludes halogenated alkanes) is 2. The first kappa shape index (κ1) is 18.9. The number of nitro groups is 1. The lowest BCUT2D eigenvalue weighted by Crippen LogP contribution is -2.40. The van der Waals surface area contributed by atoms with Gasteiger partial charge in [-0.2, -0.15) is 0 Å². The van der Waals surface area contributed by atoms with E-state index < -0.39 is 27.4 Å². The predicted octanol–water partition coefficient (Wildman–Crippen LogP) is 1.67. The SMILES string of the molecule is CCCCCNC(=O)CN(c1cccc([N+](=O)[O-])c1)S(C)(=O)=O. The molecule has 0 aliphatic rings. The molecule has 0 spiro atoms. The molecule has 0 bridgehead atoms. The van der Waals surface area contributed by atoms with Gasteiger partial charge in [-0.05, 0) is 12.5 Å². The number of amides is 1. The molecular weight excluding hydrogens is 322 g/mol. The minimum absolute atomic E-state index is 0.0883. The van der Waals surface area contributed by atoms with Crippen LogP contribution in [0.4, 0.5) is 11.4 Å². The fraction of sp³-hybridized carbons (Fsp3) is 0.500. The maximum atomic E-state index is 11.9. The zero-order chi connectivity index (χ0) is 17.5. The molecule has 128 valence electrons. The Hall–Kier alpha value is -2.16. The van der Waals surface area contributed by atoms with E-state index >= 15 is 0 Å². The van der Waals surface area contributed by atoms with Gasteiger partial charge in [-0.1, -0.05) is 25.8 Å². The van der Waals surface area contributed by atoms with E-state index in [2.05, 4.69) is 5.32 Å². The number of rotatable bonds is 9. The molecule has 0 atom stereocenters. The van der Waals surface area contributed by atoms with Crippen LogP contribution in [0.2, 0.25) is 0 Å². The summed E-state index contributed by atoms with van der Waals surface area (Å²) in [6, 6.07) is 5.18. The molecule has 0 saturated carbocycles. The van der Waals surface area contributed by atoms with Crippen molar-refractivity contribution in [2.24, 2.45) is 0 Å². The highest BCUT2D eigenvalue weighted by Gasteiger charge is 2.22. The van der Waals surface area contributed by atoms with Crippen LogP contribution in [0.3, 0.4) is 0 Å². The van der Waals surface area contributed by atoms with Crippen molar-refractivity contribution < 1.29 is 18.1 Å². The number of sulfonamides is 1. The van der Waals surface area contributed by atoms with Crippen LogP contribution < -0.4 is 9.62 Å². The lowest BCUT2D eigenvalue weighted by atomic mass is 10.2. The fourth-order valence-electron chi connectivity index (χ4n) is 1.95. The van der Waals surface area contributed by atoms with Gasteiger partial charge in [0.05, 0.1) is 16.9 Å². The van der Waals surface area contributed by atoms with E-state index in [-0.39, 0.29) is 11.4 Å². The second-order valence-electron chi connectivity index (χ2n) is 5.10. The van der Waals surface area contributed by atoms with E-state index in [1.165, 1.54) is 18.2 Å². The van der Waals surface area contributed by atoms with E-state index in [0.717, 1.165) is 35.9 Å². The van der Waals surface area contributed by atoms with Crippen LogP contribution in [0.5, 0.6) is 0 Å². The van der Waals surface area contributed by atoms with Crippen molar-refractivity contribution in [3.05, 3.63) is 34.4 Å². The zero-order valence-corrected chi connectivity index (χ0v) is 14.0. The number of carbonyl (C=O) groups excluding carboxylic acids is 1. The van der Waals surface area contributed by atoms with Gasteiger partial charge in [0, 0.05) is 18.7 Å². The van der Waals surface area contributed by atoms with Crippen molar-refractivity contribution in [3.8, 4) is 0 Å². The molecule has 0 aliphatic heterocycles. The Balaban J connectivity index is 2.88. The molecule has 1 aromatic rings. The van der Waals surface area contributed by atoms with Gasteiger partial charge < -0.3 is 5.32 Å². The number of carbonyl (C=O) groups is 1. The van der Waals surface area contributed by atoms with E-state index in [1.807, 2.05) is 6.92 Å². The van der Waals surface area contributed by atoms with Gasteiger partial charge in [-0.3, -0.25) is 19.2 Å². The van der Waals surface area contributed by atoms with Crippen molar-refractivity contribution in [3.63, 3.8) is 0 Å². The highest BCUT2D eigenvalue weighted by atomic mass is 32.2. The smallest absolute Gasteiger partial charge is 0.271 e. The first-order valence-electron chi connectivity index (χ1n) is 7.24. The van der Waals surface area contributed by atoms with Crippen LogP contribution in [0.25, 0.3) is 0 Å². The van der Waals surface area contributed by atoms with Gasteiger partial charge in [0.2, 0.25) is 15.9 Å². The van der Waals surface area contributed by atoms with E-state index in [1.54, 1.807) is 0 Å². The Morgan fingerprint density at radius 1 is 1.35 bits per heavy atom. The molecule has 23 heavy (non-hydrogen) atoms. The Morgan fingerprint density at radius 2 is 2.04 bits per heavy atom. The van der Waals surface area contributed by atoms with E-state index in [0.29, 0.717) is 6.54 Å². The molecule has 1 amide bonds. The standard InChI is InChI=1S/C14H21N3O5S/c1-3-4-5-9-15-14(18)11-16(23(2,21)22)12-7-6-8-13(10-12)17(19)20/h6-8,10H,3-5,9,11H2,1-2H3,(H,15,18). The van der Waals surface area contributed by atoms with Crippen molar-refractivity contribution >= 4 is 27.3 Å². The fourth-order valence-corrected chi connectivity index (χ4v) is 2.80. The summed E-state index contributed by atoms with van der Waals surface area (Å²) in [4.78, 5) is 22.1. The first-order chi connectivity index (χ1) is 10.8. The Kier molecular flexibility index (Phi) is 6.95. The summed E-state index contributed by atoms with van der Waals surface area (Å²) in [5.41, 5.74) is -0.148. The van der Waals surface area contributed by atoms with E-state index in [9.17, 15) is 23.3 Å². The van der Waals surface area contributed by atoms with Crippen LogP contribution >= 0.6 is 0 Å². The molecular formula is C14H21N3O5S. The molecule has 9 heteroatoms. The molecule has 0 unspecified atom stereocenters. The number of non-ortho nitro benzene ring substituents is 1. The average molecular weight is 343 g/mol. The second-order valence-corrected chi connectivity index (χ2v) is 7.01. The first-order valence-corrected chi connectivity index (χ1v) is 9.09. The minimum atomic E-state index is -3.74. The molecule has 0 saturated heterocycles. The number of nitro benzene ring substituents is 1. The summed E-state index contributed by atoms with van der Waals surface area (Å²) < 4.78 is 24.7. The minimum Gasteiger partial charge on any atom is -0.355 e. The summed E-state index contributed by atoms with van der Waals surface area (Å²) in [6.45, 7) is 2.10. The molecule has 0 heterocycles. The normalized spacial score (nSPS) is 11.0. The number of hydrogen-bond donors (Lipinski definition) is 1. The van der Waals surface area contributed by atoms with E-state index in [4.69, 9.17) is 0 Å². The highest BCUT2D eigenvalue weighted by molar-refractivity contribution is 7.92. The molecule has 0 aromatic heterocycles. The maximum Gasteiger partial charge on any atom is 0.271 e. The van der Waals surface area contributed by atoms with Crippen molar-refractivity contribution in [2.45, 2.75) is 26.2 Å². The molecule has 0 fully saturated rings. The Labute approximate surface area is 135 Å². The number of anilines is 1. The summed E-state index contributed by atoms with van der Waals surface area (Å²) in [5, 5.41) is 13.5. The third-order valence-electron chi connectivity index (χ3n) is 3.12. The summed E-state index contributed by atoms with van der Waals surface area (Å²) >= 11 is 0. The Morgan fingerprint density at radius 3 is 2.61 bits per heavy atom. The van der Waals surface area contributed by atoms with Crippen molar-refractivity contribution in [1.29, 1.82) is 0 Å². The van der Waals surface area contributed by atoms with Crippen LogP contribution in [-0.4, -0.2) is 38.6 Å². The van der Waals surface area contributed by atoms with Gasteiger partial charge in [-0.25, -0.2) is 8.42 Å². The largest absolute Gasteiger partial charge is 0.355 e. The predicted molar refractivity (Wildman–Crippen MR) is 87.8 cm³/mol. The molecule has 1 N–H and O–H groups in total. The summed E-state index contributed by atoms with van der Waals surface area (Å²) in [6.07, 6.45) is 3.76. The van der Waals surface area contributed by atoms with Gasteiger partial charge in [0.15, 0.2) is 0 Å². The number of nitrogens with zero attached hydrogens (tertiary/aromatic N) is 2. The molecule has 0 radical (unpaired) electrons. The Bertz CT molecular complexity index is 660. The third kappa shape index (κ3) is 6.23. The summed E-state index contributed by atoms with van der Waals surface area (Å²) in [7, 11) is -3.74. The quantitative estimate of drug-likeness (QED) is 0.416. The average Bonchev–Trinajstić information content (AvgIpc) is 2.48. The van der Waals surface area contributed by atoms with Gasteiger partial charge in [-0.15, -0.1) is 0 Å². The van der Waals surface area contributed by atoms with Gasteiger partial charge >= 0.3 is 0 Å². The van der Waals surface area contributed by atoms with Crippen molar-refractivity contribution in [1.82, 2.24) is 5.32 Å². The van der Waals surface area contributed by atoms with Crippen LogP contribution in [0.15, 0.2) is 24.3 Å². The molecule has 1 aromatic carbocycles. The highest BCUT2D eigenvalue weighted by Crippen LogP contribution is 2.22. The van der Waals surface area contributed by atoms with Crippen LogP contribution in [0, 0.1) is 10.1 Å². The number of hydrogen-bond acceptors (Lipinski definition) is 5. The molecule has 1 rings (SSSR count). The van der Waals surface area contributed by atoms with Crippen LogP contribution in [-0.2, 0) is 14.8 Å². The lowest BCUT2D eigenvalue weighted by molar-refractivity contribution is -0.384. The number of nitrogens with one attached hydrogen (secondary N) is 1. The second kappa shape index (κ2) is 8.47. The lowest BCUT2D eigenvalue weighted by Gasteiger charge is -2.21. The van der Waals surface area contributed by atoms with Gasteiger partial charge in [0.1, 0.15) is 6.54 Å². The van der Waals surface area contributed by atoms with Crippen molar-refractivity contribution in [2.75, 3.05) is 23.7 Å². The topological polar surface area (TPSA) is 110 Å². The zero-order valence-electron chi connectivity index (χ0n) is 13.2. The number of benzene rings is 1. The van der Waals surface area contributed by atoms with Gasteiger partial charge in [0.25, 0.3) is 5.69 Å². The molecule has 8 nitrogen and oxygen atoms in total. The summed E-state index contributed by atoms with van der Waals surface area (Å²) in [5.74, 6) is -0.446.